The lowest BCUT2D eigenvalue weighted by molar-refractivity contribution is -0.116. The number of amides is 1. The molecule has 0 bridgehead atoms. The van der Waals surface area contributed by atoms with E-state index in [4.69, 9.17) is 4.55 Å². The molecule has 0 aliphatic rings. The topological polar surface area (TPSA) is 83.5 Å². The first-order valence-electron chi connectivity index (χ1n) is 6.35. The zero-order valence-corrected chi connectivity index (χ0v) is 11.7. The maximum Gasteiger partial charge on any atom is 0.264 e. The summed E-state index contributed by atoms with van der Waals surface area (Å²) in [7, 11) is -3.87. The van der Waals surface area contributed by atoms with Gasteiger partial charge in [0.25, 0.3) is 10.1 Å². The molecule has 0 fully saturated rings. The van der Waals surface area contributed by atoms with Crippen molar-refractivity contribution in [3.63, 3.8) is 0 Å². The average Bonchev–Trinajstić information content (AvgIpc) is 2.27. The summed E-state index contributed by atoms with van der Waals surface area (Å²) >= 11 is 0. The Bertz CT molecular complexity index is 349. The molecule has 2 N–H and O–H groups in total. The van der Waals surface area contributed by atoms with E-state index < -0.39 is 10.1 Å². The highest BCUT2D eigenvalue weighted by Gasteiger charge is 2.03. The molecule has 0 saturated carbocycles. The summed E-state index contributed by atoms with van der Waals surface area (Å²) in [6, 6.07) is 0. The largest absolute Gasteiger partial charge is 0.353 e. The third-order valence-electron chi connectivity index (χ3n) is 2.37. The first-order chi connectivity index (χ1) is 8.45. The predicted molar refractivity (Wildman–Crippen MR) is 71.9 cm³/mol. The van der Waals surface area contributed by atoms with E-state index in [9.17, 15) is 13.2 Å². The van der Waals surface area contributed by atoms with Gasteiger partial charge in [-0.25, -0.2) is 0 Å². The van der Waals surface area contributed by atoms with Crippen LogP contribution in [-0.2, 0) is 14.9 Å². The Balaban J connectivity index is 3.48. The van der Waals surface area contributed by atoms with Crippen molar-refractivity contribution in [1.29, 1.82) is 0 Å². The zero-order valence-electron chi connectivity index (χ0n) is 10.9. The van der Waals surface area contributed by atoms with Crippen molar-refractivity contribution < 1.29 is 17.8 Å². The average molecular weight is 277 g/mol. The molecule has 0 radical (unpaired) electrons. The molecule has 6 heteroatoms. The molecule has 5 nitrogen and oxygen atoms in total. The third-order valence-corrected chi connectivity index (χ3v) is 3.18. The van der Waals surface area contributed by atoms with Gasteiger partial charge >= 0.3 is 0 Å². The van der Waals surface area contributed by atoms with Crippen molar-refractivity contribution >= 4 is 16.0 Å². The van der Waals surface area contributed by atoms with Crippen molar-refractivity contribution in [2.75, 3.05) is 12.3 Å². The van der Waals surface area contributed by atoms with Gasteiger partial charge in [-0.3, -0.25) is 9.35 Å². The van der Waals surface area contributed by atoms with Crippen LogP contribution >= 0.6 is 0 Å². The van der Waals surface area contributed by atoms with Gasteiger partial charge in [0.2, 0.25) is 5.91 Å². The van der Waals surface area contributed by atoms with Gasteiger partial charge in [0.1, 0.15) is 0 Å². The Labute approximate surface area is 109 Å². The molecule has 0 aromatic heterocycles. The monoisotopic (exact) mass is 277 g/mol. The van der Waals surface area contributed by atoms with E-state index in [-0.39, 0.29) is 11.7 Å². The number of nitrogens with one attached hydrogen (secondary N) is 1. The summed E-state index contributed by atoms with van der Waals surface area (Å²) in [6.45, 7) is 2.55. The minimum absolute atomic E-state index is 0.154. The lowest BCUT2D eigenvalue weighted by atomic mass is 10.2. The molecule has 0 unspecified atom stereocenters. The molecule has 0 aromatic rings. The molecule has 18 heavy (non-hydrogen) atoms. The number of carbonyl (C=O) groups is 1. The van der Waals surface area contributed by atoms with Crippen LogP contribution in [0.1, 0.15) is 45.4 Å². The van der Waals surface area contributed by atoms with Gasteiger partial charge in [-0.1, -0.05) is 25.8 Å². The predicted octanol–water partition coefficient (Wildman–Crippen LogP) is 1.91. The van der Waals surface area contributed by atoms with Crippen molar-refractivity contribution in [3.05, 3.63) is 12.2 Å². The minimum atomic E-state index is -3.87. The van der Waals surface area contributed by atoms with Gasteiger partial charge in [0.05, 0.1) is 5.75 Å². The van der Waals surface area contributed by atoms with Crippen LogP contribution in [0, 0.1) is 0 Å². The molecule has 106 valence electrons. The van der Waals surface area contributed by atoms with E-state index in [0.717, 1.165) is 19.3 Å². The number of carbonyl (C=O) groups excluding carboxylic acids is 1. The van der Waals surface area contributed by atoms with Gasteiger partial charge in [-0.2, -0.15) is 8.42 Å². The maximum atomic E-state index is 11.3. The molecular formula is C12H23NO4S. The smallest absolute Gasteiger partial charge is 0.264 e. The van der Waals surface area contributed by atoms with Crippen LogP contribution in [0.2, 0.25) is 0 Å². The Hall–Kier alpha value is -0.880. The van der Waals surface area contributed by atoms with E-state index in [0.29, 0.717) is 19.4 Å². The highest BCUT2D eigenvalue weighted by Crippen LogP contribution is 1.99. The van der Waals surface area contributed by atoms with Gasteiger partial charge in [-0.15, -0.1) is 0 Å². The molecule has 0 heterocycles. The van der Waals surface area contributed by atoms with E-state index in [1.807, 2.05) is 6.08 Å². The second-order valence-electron chi connectivity index (χ2n) is 4.18. The van der Waals surface area contributed by atoms with Crippen molar-refractivity contribution in [1.82, 2.24) is 5.32 Å². The first kappa shape index (κ1) is 17.1. The van der Waals surface area contributed by atoms with Crippen LogP contribution in [0.4, 0.5) is 0 Å². The fourth-order valence-corrected chi connectivity index (χ4v) is 1.95. The van der Waals surface area contributed by atoms with Gasteiger partial charge < -0.3 is 5.32 Å². The first-order valence-corrected chi connectivity index (χ1v) is 7.96. The summed E-state index contributed by atoms with van der Waals surface area (Å²) < 4.78 is 29.3. The summed E-state index contributed by atoms with van der Waals surface area (Å²) in [5.41, 5.74) is 0. The second kappa shape index (κ2) is 10.1. The van der Waals surface area contributed by atoms with Crippen LogP contribution < -0.4 is 5.32 Å². The van der Waals surface area contributed by atoms with Crippen LogP contribution in [0.15, 0.2) is 12.2 Å². The molecule has 0 spiro atoms. The van der Waals surface area contributed by atoms with E-state index in [1.54, 1.807) is 0 Å². The lowest BCUT2D eigenvalue weighted by Gasteiger charge is -2.01. The fraction of sp³-hybridized carbons (Fsp3) is 0.750. The Morgan fingerprint density at radius 3 is 2.56 bits per heavy atom. The fourth-order valence-electron chi connectivity index (χ4n) is 1.38. The van der Waals surface area contributed by atoms with E-state index in [1.165, 1.54) is 12.5 Å². The SMILES string of the molecule is CCCCC/C=C/C(=O)NCCCCS(=O)(=O)O. The van der Waals surface area contributed by atoms with Crippen LogP contribution in [-0.4, -0.2) is 31.2 Å². The Kier molecular flexibility index (Phi) is 9.59. The van der Waals surface area contributed by atoms with Gasteiger partial charge in [0.15, 0.2) is 0 Å². The third kappa shape index (κ3) is 13.2. The summed E-state index contributed by atoms with van der Waals surface area (Å²) in [5, 5.41) is 2.66. The number of hydrogen-bond acceptors (Lipinski definition) is 3. The van der Waals surface area contributed by atoms with E-state index in [2.05, 4.69) is 12.2 Å². The maximum absolute atomic E-state index is 11.3. The number of allylic oxidation sites excluding steroid dienone is 1. The molecule has 0 saturated heterocycles. The summed E-state index contributed by atoms with van der Waals surface area (Å²) in [4.78, 5) is 11.3. The quantitative estimate of drug-likeness (QED) is 0.363. The highest BCUT2D eigenvalue weighted by atomic mass is 32.2. The van der Waals surface area contributed by atoms with Crippen LogP contribution in [0.3, 0.4) is 0 Å². The molecular weight excluding hydrogens is 254 g/mol. The summed E-state index contributed by atoms with van der Waals surface area (Å²) in [6.07, 6.45) is 8.57. The van der Waals surface area contributed by atoms with Crippen molar-refractivity contribution in [3.8, 4) is 0 Å². The number of hydrogen-bond donors (Lipinski definition) is 2. The van der Waals surface area contributed by atoms with E-state index >= 15 is 0 Å². The van der Waals surface area contributed by atoms with Gasteiger partial charge in [0, 0.05) is 6.54 Å². The lowest BCUT2D eigenvalue weighted by Crippen LogP contribution is -2.22. The summed E-state index contributed by atoms with van der Waals surface area (Å²) in [5.74, 6) is -0.409. The van der Waals surface area contributed by atoms with Crippen molar-refractivity contribution in [2.24, 2.45) is 0 Å². The molecule has 0 aromatic carbocycles. The molecule has 0 aliphatic carbocycles. The second-order valence-corrected chi connectivity index (χ2v) is 5.75. The minimum Gasteiger partial charge on any atom is -0.353 e. The normalized spacial score (nSPS) is 11.9. The Morgan fingerprint density at radius 1 is 1.22 bits per heavy atom. The van der Waals surface area contributed by atoms with Crippen molar-refractivity contribution in [2.45, 2.75) is 45.4 Å². The molecule has 1 amide bonds. The van der Waals surface area contributed by atoms with Gasteiger partial charge in [-0.05, 0) is 31.8 Å². The molecule has 0 atom stereocenters. The zero-order chi connectivity index (χ0) is 13.9. The van der Waals surface area contributed by atoms with Crippen LogP contribution in [0.5, 0.6) is 0 Å². The molecule has 0 aliphatic heterocycles. The number of unbranched alkanes of at least 4 members (excludes halogenated alkanes) is 4. The number of rotatable bonds is 10. The standard InChI is InChI=1S/C12H23NO4S/c1-2-3-4-5-6-9-12(14)13-10-7-8-11-18(15,16)17/h6,9H,2-5,7-8,10-11H2,1H3,(H,13,14)(H,15,16,17)/b9-6+. The Morgan fingerprint density at radius 2 is 1.94 bits per heavy atom. The van der Waals surface area contributed by atoms with Crippen LogP contribution in [0.25, 0.3) is 0 Å². The highest BCUT2D eigenvalue weighted by molar-refractivity contribution is 7.85. The molecule has 0 rings (SSSR count).